The molecule has 21 heavy (non-hydrogen) atoms. The van der Waals surface area contributed by atoms with Gasteiger partial charge in [-0.2, -0.15) is 0 Å². The molecule has 2 heteroatoms. The highest BCUT2D eigenvalue weighted by molar-refractivity contribution is 5.39. The van der Waals surface area contributed by atoms with Crippen LogP contribution in [-0.2, 0) is 12.8 Å². The van der Waals surface area contributed by atoms with Crippen molar-refractivity contribution in [2.24, 2.45) is 5.73 Å². The van der Waals surface area contributed by atoms with Crippen LogP contribution in [0, 0.1) is 0 Å². The van der Waals surface area contributed by atoms with E-state index in [0.717, 1.165) is 31.6 Å². The Labute approximate surface area is 130 Å². The summed E-state index contributed by atoms with van der Waals surface area (Å²) in [7, 11) is 0. The number of hydrogen-bond donors (Lipinski definition) is 1. The number of ether oxygens (including phenoxy) is 1. The number of unbranched alkanes of at least 4 members (excludes halogenated alkanes) is 5. The second kappa shape index (κ2) is 9.09. The molecule has 118 valence electrons. The molecule has 1 atom stereocenters. The van der Waals surface area contributed by atoms with E-state index in [-0.39, 0.29) is 0 Å². The molecule has 2 N–H and O–H groups in total. The van der Waals surface area contributed by atoms with E-state index in [1.54, 1.807) is 0 Å². The third kappa shape index (κ3) is 5.70. The van der Waals surface area contributed by atoms with E-state index in [9.17, 15) is 0 Å². The van der Waals surface area contributed by atoms with Gasteiger partial charge in [-0.1, -0.05) is 57.6 Å². The Bertz CT molecular complexity index is 416. The minimum absolute atomic E-state index is 0.362. The molecule has 2 nitrogen and oxygen atoms in total. The van der Waals surface area contributed by atoms with Crippen molar-refractivity contribution in [1.82, 2.24) is 0 Å². The third-order valence-electron chi connectivity index (χ3n) is 4.49. The molecule has 0 aliphatic carbocycles. The lowest BCUT2D eigenvalue weighted by molar-refractivity contribution is 0.357. The average molecular weight is 289 g/mol. The Morgan fingerprint density at radius 3 is 2.76 bits per heavy atom. The zero-order valence-corrected chi connectivity index (χ0v) is 13.6. The number of aryl methyl sites for hydroxylation is 1. The van der Waals surface area contributed by atoms with Gasteiger partial charge in [-0.3, -0.25) is 0 Å². The topological polar surface area (TPSA) is 35.2 Å². The quantitative estimate of drug-likeness (QED) is 0.637. The molecule has 0 amide bonds. The molecule has 0 spiro atoms. The van der Waals surface area contributed by atoms with Crippen molar-refractivity contribution in [3.8, 4) is 5.75 Å². The van der Waals surface area contributed by atoms with Gasteiger partial charge >= 0.3 is 0 Å². The van der Waals surface area contributed by atoms with E-state index in [1.807, 2.05) is 0 Å². The summed E-state index contributed by atoms with van der Waals surface area (Å²) in [6.07, 6.45) is 12.6. The summed E-state index contributed by atoms with van der Waals surface area (Å²) in [5, 5.41) is 0. The first-order chi connectivity index (χ1) is 10.3. The first-order valence-electron chi connectivity index (χ1n) is 8.79. The van der Waals surface area contributed by atoms with Gasteiger partial charge in [0.2, 0.25) is 0 Å². The number of benzene rings is 1. The molecule has 1 aromatic rings. The van der Waals surface area contributed by atoms with E-state index < -0.39 is 0 Å². The van der Waals surface area contributed by atoms with Crippen LogP contribution in [0.4, 0.5) is 0 Å². The van der Waals surface area contributed by atoms with Crippen molar-refractivity contribution in [3.05, 3.63) is 29.3 Å². The molecule has 1 heterocycles. The lowest BCUT2D eigenvalue weighted by Crippen LogP contribution is -2.20. The van der Waals surface area contributed by atoms with Gasteiger partial charge in [-0.15, -0.1) is 0 Å². The fraction of sp³-hybridized carbons (Fsp3) is 0.684. The molecule has 1 aliphatic rings. The van der Waals surface area contributed by atoms with Crippen LogP contribution < -0.4 is 10.5 Å². The Balaban J connectivity index is 1.59. The largest absolute Gasteiger partial charge is 0.493 e. The molecule has 1 aromatic carbocycles. The predicted octanol–water partition coefficient (Wildman–Crippen LogP) is 4.63. The van der Waals surface area contributed by atoms with Gasteiger partial charge in [0.25, 0.3) is 0 Å². The van der Waals surface area contributed by atoms with Crippen LogP contribution in [0.3, 0.4) is 0 Å². The summed E-state index contributed by atoms with van der Waals surface area (Å²) >= 11 is 0. The van der Waals surface area contributed by atoms with Crippen molar-refractivity contribution in [1.29, 1.82) is 0 Å². The van der Waals surface area contributed by atoms with Crippen LogP contribution in [0.25, 0.3) is 0 Å². The minimum atomic E-state index is 0.362. The molecule has 0 fully saturated rings. The van der Waals surface area contributed by atoms with E-state index in [2.05, 4.69) is 25.1 Å². The second-order valence-electron chi connectivity index (χ2n) is 6.40. The molecule has 2 rings (SSSR count). The highest BCUT2D eigenvalue weighted by atomic mass is 16.5. The van der Waals surface area contributed by atoms with Crippen molar-refractivity contribution in [3.63, 3.8) is 0 Å². The standard InChI is InChI=1S/C19H31NO/c1-2-3-4-5-6-7-8-18(20)11-9-16-10-12-19-17(15-16)13-14-21-19/h10,12,15,18H,2-9,11,13-14,20H2,1H3. The van der Waals surface area contributed by atoms with Crippen LogP contribution in [0.1, 0.15) is 69.4 Å². The van der Waals surface area contributed by atoms with E-state index in [4.69, 9.17) is 10.5 Å². The molecule has 1 aliphatic heterocycles. The normalized spacial score (nSPS) is 14.8. The van der Waals surface area contributed by atoms with Crippen LogP contribution in [0.2, 0.25) is 0 Å². The zero-order valence-electron chi connectivity index (χ0n) is 13.6. The molecule has 0 saturated carbocycles. The second-order valence-corrected chi connectivity index (χ2v) is 6.40. The summed E-state index contributed by atoms with van der Waals surface area (Å²) in [6.45, 7) is 3.11. The SMILES string of the molecule is CCCCCCCCC(N)CCc1ccc2c(c1)CCO2. The van der Waals surface area contributed by atoms with E-state index >= 15 is 0 Å². The molecule has 1 unspecified atom stereocenters. The Hall–Kier alpha value is -1.02. The highest BCUT2D eigenvalue weighted by Gasteiger charge is 2.12. The van der Waals surface area contributed by atoms with Crippen LogP contribution >= 0.6 is 0 Å². The van der Waals surface area contributed by atoms with Gasteiger partial charge in [0.15, 0.2) is 0 Å². The maximum absolute atomic E-state index is 6.25. The first kappa shape index (κ1) is 16.4. The van der Waals surface area contributed by atoms with Crippen LogP contribution in [-0.4, -0.2) is 12.6 Å². The molecular weight excluding hydrogens is 258 g/mol. The Kier molecular flexibility index (Phi) is 7.08. The van der Waals surface area contributed by atoms with E-state index in [1.165, 1.54) is 56.1 Å². The first-order valence-corrected chi connectivity index (χ1v) is 8.79. The van der Waals surface area contributed by atoms with Gasteiger partial charge < -0.3 is 10.5 Å². The highest BCUT2D eigenvalue weighted by Crippen LogP contribution is 2.26. The third-order valence-corrected chi connectivity index (χ3v) is 4.49. The molecule has 0 radical (unpaired) electrons. The fourth-order valence-electron chi connectivity index (χ4n) is 3.08. The summed E-state index contributed by atoms with van der Waals surface area (Å²) < 4.78 is 5.55. The Morgan fingerprint density at radius 2 is 1.90 bits per heavy atom. The summed E-state index contributed by atoms with van der Waals surface area (Å²) in [5.41, 5.74) is 9.04. The summed E-state index contributed by atoms with van der Waals surface area (Å²) in [4.78, 5) is 0. The van der Waals surface area contributed by atoms with Gasteiger partial charge in [-0.05, 0) is 36.5 Å². The Morgan fingerprint density at radius 1 is 1.10 bits per heavy atom. The van der Waals surface area contributed by atoms with Crippen molar-refractivity contribution >= 4 is 0 Å². The molecule has 0 bridgehead atoms. The summed E-state index contributed by atoms with van der Waals surface area (Å²) in [6, 6.07) is 6.99. The average Bonchev–Trinajstić information content (AvgIpc) is 2.96. The predicted molar refractivity (Wildman–Crippen MR) is 89.9 cm³/mol. The molecular formula is C19H31NO. The van der Waals surface area contributed by atoms with Gasteiger partial charge in [0.1, 0.15) is 5.75 Å². The monoisotopic (exact) mass is 289 g/mol. The smallest absolute Gasteiger partial charge is 0.122 e. The molecule has 0 saturated heterocycles. The van der Waals surface area contributed by atoms with Crippen molar-refractivity contribution in [2.45, 2.75) is 77.2 Å². The van der Waals surface area contributed by atoms with Gasteiger partial charge in [0.05, 0.1) is 6.61 Å². The van der Waals surface area contributed by atoms with Crippen molar-refractivity contribution < 1.29 is 4.74 Å². The van der Waals surface area contributed by atoms with Gasteiger partial charge in [-0.25, -0.2) is 0 Å². The van der Waals surface area contributed by atoms with Crippen LogP contribution in [0.15, 0.2) is 18.2 Å². The maximum atomic E-state index is 6.25. The lowest BCUT2D eigenvalue weighted by Gasteiger charge is -2.12. The zero-order chi connectivity index (χ0) is 14.9. The lowest BCUT2D eigenvalue weighted by atomic mass is 9.99. The fourth-order valence-corrected chi connectivity index (χ4v) is 3.08. The number of nitrogens with two attached hydrogens (primary N) is 1. The van der Waals surface area contributed by atoms with Crippen LogP contribution in [0.5, 0.6) is 5.75 Å². The van der Waals surface area contributed by atoms with Crippen molar-refractivity contribution in [2.75, 3.05) is 6.61 Å². The number of fused-ring (bicyclic) bond motifs is 1. The number of rotatable bonds is 10. The number of hydrogen-bond acceptors (Lipinski definition) is 2. The molecule has 0 aromatic heterocycles. The minimum Gasteiger partial charge on any atom is -0.493 e. The summed E-state index contributed by atoms with van der Waals surface area (Å²) in [5.74, 6) is 1.08. The van der Waals surface area contributed by atoms with E-state index in [0.29, 0.717) is 6.04 Å². The maximum Gasteiger partial charge on any atom is 0.122 e. The van der Waals surface area contributed by atoms with Gasteiger partial charge in [0, 0.05) is 12.5 Å².